The van der Waals surface area contributed by atoms with Crippen LogP contribution in [-0.4, -0.2) is 44.7 Å². The second-order valence-corrected chi connectivity index (χ2v) is 10.2. The van der Waals surface area contributed by atoms with Crippen molar-refractivity contribution in [3.63, 3.8) is 0 Å². The van der Waals surface area contributed by atoms with E-state index in [0.29, 0.717) is 30.2 Å². The summed E-state index contributed by atoms with van der Waals surface area (Å²) < 4.78 is 33.9. The minimum Gasteiger partial charge on any atom is -0.382 e. The van der Waals surface area contributed by atoms with Crippen LogP contribution in [0.1, 0.15) is 45.6 Å². The van der Waals surface area contributed by atoms with Gasteiger partial charge in [0, 0.05) is 36.7 Å². The van der Waals surface area contributed by atoms with Gasteiger partial charge >= 0.3 is 10.1 Å². The van der Waals surface area contributed by atoms with E-state index in [9.17, 15) is 13.2 Å². The van der Waals surface area contributed by atoms with Crippen molar-refractivity contribution in [2.45, 2.75) is 52.7 Å². The van der Waals surface area contributed by atoms with E-state index in [4.69, 9.17) is 20.5 Å². The third kappa shape index (κ3) is 7.68. The van der Waals surface area contributed by atoms with Gasteiger partial charge in [-0.1, -0.05) is 32.4 Å². The minimum absolute atomic E-state index is 0.00706. The summed E-state index contributed by atoms with van der Waals surface area (Å²) >= 11 is 6.09. The van der Waals surface area contributed by atoms with E-state index in [1.54, 1.807) is 17.0 Å². The molecule has 1 atom stereocenters. The Morgan fingerprint density at radius 3 is 2.63 bits per heavy atom. The van der Waals surface area contributed by atoms with Crippen molar-refractivity contribution in [2.24, 2.45) is 5.41 Å². The Labute approximate surface area is 166 Å². The Morgan fingerprint density at radius 2 is 2.07 bits per heavy atom. The second kappa shape index (κ2) is 8.80. The SMILES string of the molecule is CC(C)(C)CC(=O)N(Cc1cc(Cl)ccc1OS(C)(=O)=O)C[C@H]1CCCO1. The van der Waals surface area contributed by atoms with Crippen LogP contribution in [-0.2, 0) is 26.2 Å². The summed E-state index contributed by atoms with van der Waals surface area (Å²) in [7, 11) is -3.69. The van der Waals surface area contributed by atoms with Crippen LogP contribution in [0, 0.1) is 5.41 Å². The van der Waals surface area contributed by atoms with E-state index in [1.807, 2.05) is 20.8 Å². The van der Waals surface area contributed by atoms with E-state index in [1.165, 1.54) is 6.07 Å². The molecule has 0 unspecified atom stereocenters. The van der Waals surface area contributed by atoms with Gasteiger partial charge < -0.3 is 13.8 Å². The molecule has 0 spiro atoms. The molecule has 8 heteroatoms. The number of halogens is 1. The van der Waals surface area contributed by atoms with Crippen LogP contribution < -0.4 is 4.18 Å². The first-order valence-corrected chi connectivity index (χ1v) is 11.2. The van der Waals surface area contributed by atoms with Crippen LogP contribution in [0.4, 0.5) is 0 Å². The maximum Gasteiger partial charge on any atom is 0.306 e. The third-order valence-corrected chi connectivity index (χ3v) is 4.82. The van der Waals surface area contributed by atoms with Gasteiger partial charge in [-0.25, -0.2) is 0 Å². The zero-order valence-electron chi connectivity index (χ0n) is 16.3. The third-order valence-electron chi connectivity index (χ3n) is 4.11. The molecule has 0 N–H and O–H groups in total. The topological polar surface area (TPSA) is 72.9 Å². The van der Waals surface area contributed by atoms with E-state index < -0.39 is 10.1 Å². The van der Waals surface area contributed by atoms with Crippen LogP contribution in [0.25, 0.3) is 0 Å². The molecule has 1 aliphatic heterocycles. The molecule has 1 aliphatic rings. The van der Waals surface area contributed by atoms with Crippen molar-refractivity contribution in [3.05, 3.63) is 28.8 Å². The molecule has 2 rings (SSSR count). The highest BCUT2D eigenvalue weighted by Gasteiger charge is 2.27. The first kappa shape index (κ1) is 22.0. The van der Waals surface area contributed by atoms with Crippen LogP contribution >= 0.6 is 11.6 Å². The summed E-state index contributed by atoms with van der Waals surface area (Å²) in [5.41, 5.74) is 0.389. The van der Waals surface area contributed by atoms with Gasteiger partial charge in [-0.3, -0.25) is 4.79 Å². The molecule has 1 aromatic rings. The molecule has 152 valence electrons. The molecular formula is C19H28ClNO5S. The van der Waals surface area contributed by atoms with Gasteiger partial charge in [-0.2, -0.15) is 8.42 Å². The zero-order chi connectivity index (χ0) is 20.2. The summed E-state index contributed by atoms with van der Waals surface area (Å²) in [6.07, 6.45) is 3.24. The fourth-order valence-electron chi connectivity index (χ4n) is 2.98. The van der Waals surface area contributed by atoms with Crippen molar-refractivity contribution in [1.82, 2.24) is 4.90 Å². The number of carbonyl (C=O) groups excluding carboxylic acids is 1. The minimum atomic E-state index is -3.69. The van der Waals surface area contributed by atoms with Crippen LogP contribution in [0.15, 0.2) is 18.2 Å². The number of hydrogen-bond acceptors (Lipinski definition) is 5. The number of amides is 1. The Morgan fingerprint density at radius 1 is 1.37 bits per heavy atom. The van der Waals surface area contributed by atoms with Gasteiger partial charge in [-0.15, -0.1) is 0 Å². The van der Waals surface area contributed by atoms with Gasteiger partial charge in [0.2, 0.25) is 5.91 Å². The first-order chi connectivity index (χ1) is 12.4. The summed E-state index contributed by atoms with van der Waals surface area (Å²) in [4.78, 5) is 14.6. The number of rotatable bonds is 7. The second-order valence-electron chi connectivity index (χ2n) is 8.19. The molecular weight excluding hydrogens is 390 g/mol. The van der Waals surface area contributed by atoms with Crippen molar-refractivity contribution in [1.29, 1.82) is 0 Å². The Hall–Kier alpha value is -1.31. The lowest BCUT2D eigenvalue weighted by Crippen LogP contribution is -2.38. The molecule has 0 aliphatic carbocycles. The van der Waals surface area contributed by atoms with Gasteiger partial charge in [0.05, 0.1) is 12.4 Å². The number of nitrogens with zero attached hydrogens (tertiary/aromatic N) is 1. The number of carbonyl (C=O) groups is 1. The van der Waals surface area contributed by atoms with Crippen molar-refractivity contribution < 1.29 is 22.1 Å². The largest absolute Gasteiger partial charge is 0.382 e. The molecule has 0 bridgehead atoms. The quantitative estimate of drug-likeness (QED) is 0.633. The van der Waals surface area contributed by atoms with E-state index in [0.717, 1.165) is 19.1 Å². The smallest absolute Gasteiger partial charge is 0.306 e. The van der Waals surface area contributed by atoms with Crippen molar-refractivity contribution in [3.8, 4) is 5.75 Å². The lowest BCUT2D eigenvalue weighted by atomic mass is 9.91. The highest BCUT2D eigenvalue weighted by Crippen LogP contribution is 2.28. The Balaban J connectivity index is 2.27. The molecule has 0 aromatic heterocycles. The summed E-state index contributed by atoms with van der Waals surface area (Å²) in [6, 6.07) is 4.71. The van der Waals surface area contributed by atoms with Gasteiger partial charge in [0.15, 0.2) is 0 Å². The molecule has 1 aromatic carbocycles. The lowest BCUT2D eigenvalue weighted by Gasteiger charge is -2.29. The predicted molar refractivity (Wildman–Crippen MR) is 105 cm³/mol. The fourth-order valence-corrected chi connectivity index (χ4v) is 3.66. The molecule has 1 saturated heterocycles. The number of ether oxygens (including phenoxy) is 1. The molecule has 0 saturated carbocycles. The molecule has 27 heavy (non-hydrogen) atoms. The normalized spacial score (nSPS) is 17.7. The summed E-state index contributed by atoms with van der Waals surface area (Å²) in [6.45, 7) is 7.39. The predicted octanol–water partition coefficient (Wildman–Crippen LogP) is 3.62. The van der Waals surface area contributed by atoms with E-state index in [-0.39, 0.29) is 29.7 Å². The Kier molecular flexibility index (Phi) is 7.16. The average Bonchev–Trinajstić information content (AvgIpc) is 2.99. The molecule has 0 radical (unpaired) electrons. The molecule has 1 fully saturated rings. The number of benzene rings is 1. The summed E-state index contributed by atoms with van der Waals surface area (Å²) in [5.74, 6) is 0.172. The van der Waals surface area contributed by atoms with Crippen molar-refractivity contribution >= 4 is 27.6 Å². The zero-order valence-corrected chi connectivity index (χ0v) is 17.9. The number of hydrogen-bond donors (Lipinski definition) is 0. The van der Waals surface area contributed by atoms with Crippen LogP contribution in [0.5, 0.6) is 5.75 Å². The van der Waals surface area contributed by atoms with Gasteiger partial charge in [0.1, 0.15) is 5.75 Å². The standard InChI is InChI=1S/C19H28ClNO5S/c1-19(2,3)11-18(22)21(13-16-6-5-9-25-16)12-14-10-15(20)7-8-17(14)26-27(4,23)24/h7-8,10,16H,5-6,9,11-13H2,1-4H3/t16-/m1/s1. The highest BCUT2D eigenvalue weighted by atomic mass is 35.5. The van der Waals surface area contributed by atoms with E-state index >= 15 is 0 Å². The first-order valence-electron chi connectivity index (χ1n) is 9.00. The Bertz CT molecular complexity index is 767. The monoisotopic (exact) mass is 417 g/mol. The van der Waals surface area contributed by atoms with Crippen molar-refractivity contribution in [2.75, 3.05) is 19.4 Å². The van der Waals surface area contributed by atoms with Gasteiger partial charge in [0.25, 0.3) is 0 Å². The molecule has 1 amide bonds. The van der Waals surface area contributed by atoms with Crippen LogP contribution in [0.3, 0.4) is 0 Å². The average molecular weight is 418 g/mol. The van der Waals surface area contributed by atoms with E-state index in [2.05, 4.69) is 0 Å². The van der Waals surface area contributed by atoms with Crippen LogP contribution in [0.2, 0.25) is 5.02 Å². The maximum absolute atomic E-state index is 12.9. The maximum atomic E-state index is 12.9. The van der Waals surface area contributed by atoms with Gasteiger partial charge in [-0.05, 0) is 36.5 Å². The highest BCUT2D eigenvalue weighted by molar-refractivity contribution is 7.86. The fraction of sp³-hybridized carbons (Fsp3) is 0.632. The lowest BCUT2D eigenvalue weighted by molar-refractivity contribution is -0.135. The molecule has 6 nitrogen and oxygen atoms in total. The summed E-state index contributed by atoms with van der Waals surface area (Å²) in [5, 5.41) is 0.450. The molecule has 1 heterocycles.